The number of rotatable bonds is 4. The van der Waals surface area contributed by atoms with Crippen LogP contribution in [0.25, 0.3) is 0 Å². The molecule has 2 atom stereocenters. The van der Waals surface area contributed by atoms with E-state index in [2.05, 4.69) is 57.1 Å². The Hall–Kier alpha value is -0.860. The van der Waals surface area contributed by atoms with E-state index in [9.17, 15) is 0 Å². The van der Waals surface area contributed by atoms with Crippen LogP contribution in [-0.2, 0) is 0 Å². The summed E-state index contributed by atoms with van der Waals surface area (Å²) in [4.78, 5) is 2.23. The Morgan fingerprint density at radius 1 is 1.33 bits per heavy atom. The van der Waals surface area contributed by atoms with E-state index >= 15 is 0 Å². The molecular weight excluding hydrogens is 184 g/mol. The van der Waals surface area contributed by atoms with Crippen LogP contribution in [0.3, 0.4) is 0 Å². The Morgan fingerprint density at radius 2 is 2.00 bits per heavy atom. The number of nitrogens with two attached hydrogens (primary N) is 1. The summed E-state index contributed by atoms with van der Waals surface area (Å²) in [5.41, 5.74) is 8.55. The second-order valence-electron chi connectivity index (χ2n) is 4.61. The second-order valence-corrected chi connectivity index (χ2v) is 4.61. The lowest BCUT2D eigenvalue weighted by Crippen LogP contribution is -2.27. The quantitative estimate of drug-likeness (QED) is 0.819. The van der Waals surface area contributed by atoms with Gasteiger partial charge >= 0.3 is 0 Å². The van der Waals surface area contributed by atoms with E-state index in [1.165, 1.54) is 11.1 Å². The molecule has 84 valence electrons. The minimum absolute atomic E-state index is 0.234. The summed E-state index contributed by atoms with van der Waals surface area (Å²) < 4.78 is 0. The predicted molar refractivity (Wildman–Crippen MR) is 65.9 cm³/mol. The molecule has 2 nitrogen and oxygen atoms in total. The van der Waals surface area contributed by atoms with Crippen LogP contribution in [0.2, 0.25) is 0 Å². The van der Waals surface area contributed by atoms with Crippen LogP contribution >= 0.6 is 0 Å². The Labute approximate surface area is 93.1 Å². The van der Waals surface area contributed by atoms with Crippen molar-refractivity contribution in [1.82, 2.24) is 4.90 Å². The van der Waals surface area contributed by atoms with Crippen molar-refractivity contribution in [1.29, 1.82) is 0 Å². The van der Waals surface area contributed by atoms with Gasteiger partial charge in [0, 0.05) is 12.1 Å². The summed E-state index contributed by atoms with van der Waals surface area (Å²) in [7, 11) is 4.21. The fourth-order valence-corrected chi connectivity index (χ4v) is 1.87. The summed E-state index contributed by atoms with van der Waals surface area (Å²) >= 11 is 0. The molecule has 2 unspecified atom stereocenters. The van der Waals surface area contributed by atoms with Gasteiger partial charge in [-0.05, 0) is 39.9 Å². The Morgan fingerprint density at radius 3 is 2.47 bits per heavy atom. The number of benzene rings is 1. The predicted octanol–water partition coefficient (Wildman–Crippen LogP) is 2.34. The molecule has 0 saturated heterocycles. The highest BCUT2D eigenvalue weighted by atomic mass is 15.1. The first kappa shape index (κ1) is 12.2. The van der Waals surface area contributed by atoms with Crippen LogP contribution < -0.4 is 5.73 Å². The van der Waals surface area contributed by atoms with Gasteiger partial charge in [-0.15, -0.1) is 0 Å². The largest absolute Gasteiger partial charge is 0.328 e. The molecule has 1 rings (SSSR count). The molecule has 0 saturated carbocycles. The lowest BCUT2D eigenvalue weighted by molar-refractivity contribution is 0.272. The average molecular weight is 206 g/mol. The topological polar surface area (TPSA) is 29.3 Å². The minimum atomic E-state index is 0.234. The van der Waals surface area contributed by atoms with E-state index < -0.39 is 0 Å². The van der Waals surface area contributed by atoms with E-state index in [1.807, 2.05) is 0 Å². The van der Waals surface area contributed by atoms with E-state index in [0.29, 0.717) is 6.04 Å². The highest BCUT2D eigenvalue weighted by Crippen LogP contribution is 2.23. The van der Waals surface area contributed by atoms with Crippen molar-refractivity contribution in [3.63, 3.8) is 0 Å². The molecule has 0 radical (unpaired) electrons. The van der Waals surface area contributed by atoms with Crippen LogP contribution in [0.15, 0.2) is 24.3 Å². The zero-order valence-electron chi connectivity index (χ0n) is 10.2. The summed E-state index contributed by atoms with van der Waals surface area (Å²) in [6, 6.07) is 9.32. The maximum absolute atomic E-state index is 5.88. The van der Waals surface area contributed by atoms with Crippen LogP contribution in [0, 0.1) is 6.92 Å². The highest BCUT2D eigenvalue weighted by molar-refractivity contribution is 5.25. The Balaban J connectivity index is 2.88. The number of aryl methyl sites for hydroxylation is 1. The first-order chi connectivity index (χ1) is 7.00. The summed E-state index contributed by atoms with van der Waals surface area (Å²) in [6.45, 7) is 4.19. The van der Waals surface area contributed by atoms with E-state index in [4.69, 9.17) is 5.73 Å². The van der Waals surface area contributed by atoms with Crippen LogP contribution in [-0.4, -0.2) is 25.0 Å². The highest BCUT2D eigenvalue weighted by Gasteiger charge is 2.15. The van der Waals surface area contributed by atoms with Gasteiger partial charge in [0.15, 0.2) is 0 Å². The van der Waals surface area contributed by atoms with E-state index in [1.54, 1.807) is 0 Å². The lowest BCUT2D eigenvalue weighted by Gasteiger charge is -2.26. The summed E-state index contributed by atoms with van der Waals surface area (Å²) in [6.07, 6.45) is 0.996. The van der Waals surface area contributed by atoms with Crippen molar-refractivity contribution in [2.24, 2.45) is 5.73 Å². The van der Waals surface area contributed by atoms with Crippen molar-refractivity contribution in [3.8, 4) is 0 Å². The molecule has 15 heavy (non-hydrogen) atoms. The van der Waals surface area contributed by atoms with Crippen LogP contribution in [0.5, 0.6) is 0 Å². The van der Waals surface area contributed by atoms with Crippen molar-refractivity contribution in [2.45, 2.75) is 32.4 Å². The lowest BCUT2D eigenvalue weighted by atomic mass is 9.98. The molecule has 1 aromatic carbocycles. The number of nitrogens with zero attached hydrogens (tertiary/aromatic N) is 1. The van der Waals surface area contributed by atoms with E-state index in [-0.39, 0.29) is 6.04 Å². The first-order valence-corrected chi connectivity index (χ1v) is 5.49. The van der Waals surface area contributed by atoms with Gasteiger partial charge in [-0.2, -0.15) is 0 Å². The number of hydrogen-bond acceptors (Lipinski definition) is 2. The molecule has 0 aliphatic carbocycles. The molecule has 0 amide bonds. The molecule has 2 N–H and O–H groups in total. The molecule has 2 heteroatoms. The van der Waals surface area contributed by atoms with Crippen LogP contribution in [0.4, 0.5) is 0 Å². The maximum atomic E-state index is 5.88. The Kier molecular flexibility index (Phi) is 4.30. The summed E-state index contributed by atoms with van der Waals surface area (Å²) in [5, 5.41) is 0. The maximum Gasteiger partial charge on any atom is 0.0356 e. The third-order valence-corrected chi connectivity index (χ3v) is 2.65. The summed E-state index contributed by atoms with van der Waals surface area (Å²) in [5.74, 6) is 0. The molecule has 0 aromatic heterocycles. The van der Waals surface area contributed by atoms with Crippen molar-refractivity contribution in [3.05, 3.63) is 35.4 Å². The van der Waals surface area contributed by atoms with Gasteiger partial charge in [0.25, 0.3) is 0 Å². The zero-order valence-corrected chi connectivity index (χ0v) is 10.2. The standard InChI is InChI=1S/C13H22N2/c1-10-6-5-7-12(8-10)13(15(3)4)9-11(2)14/h5-8,11,13H,9,14H2,1-4H3. The molecule has 1 aromatic rings. The van der Waals surface area contributed by atoms with Crippen molar-refractivity contribution < 1.29 is 0 Å². The molecule has 0 bridgehead atoms. The third kappa shape index (κ3) is 3.65. The van der Waals surface area contributed by atoms with Gasteiger partial charge in [0.2, 0.25) is 0 Å². The van der Waals surface area contributed by atoms with E-state index in [0.717, 1.165) is 6.42 Å². The van der Waals surface area contributed by atoms with Gasteiger partial charge < -0.3 is 10.6 Å². The van der Waals surface area contributed by atoms with Crippen molar-refractivity contribution in [2.75, 3.05) is 14.1 Å². The molecule has 0 aliphatic rings. The smallest absolute Gasteiger partial charge is 0.0356 e. The molecule has 0 aliphatic heterocycles. The van der Waals surface area contributed by atoms with Gasteiger partial charge in [0.05, 0.1) is 0 Å². The SMILES string of the molecule is Cc1cccc(C(CC(C)N)N(C)C)c1. The second kappa shape index (κ2) is 5.29. The van der Waals surface area contributed by atoms with Gasteiger partial charge in [-0.25, -0.2) is 0 Å². The Bertz CT molecular complexity index is 305. The van der Waals surface area contributed by atoms with Gasteiger partial charge in [-0.1, -0.05) is 29.8 Å². The average Bonchev–Trinajstić information content (AvgIpc) is 2.13. The first-order valence-electron chi connectivity index (χ1n) is 5.49. The normalized spacial score (nSPS) is 15.3. The van der Waals surface area contributed by atoms with Gasteiger partial charge in [0.1, 0.15) is 0 Å². The third-order valence-electron chi connectivity index (χ3n) is 2.65. The minimum Gasteiger partial charge on any atom is -0.328 e. The molecule has 0 heterocycles. The van der Waals surface area contributed by atoms with Crippen molar-refractivity contribution >= 4 is 0 Å². The van der Waals surface area contributed by atoms with Crippen LogP contribution in [0.1, 0.15) is 30.5 Å². The molecule has 0 spiro atoms. The van der Waals surface area contributed by atoms with Gasteiger partial charge in [-0.3, -0.25) is 0 Å². The number of hydrogen-bond donors (Lipinski definition) is 1. The monoisotopic (exact) mass is 206 g/mol. The molecule has 0 fully saturated rings. The fourth-order valence-electron chi connectivity index (χ4n) is 1.87. The molecular formula is C13H22N2. The fraction of sp³-hybridized carbons (Fsp3) is 0.538. The zero-order chi connectivity index (χ0) is 11.4.